The van der Waals surface area contributed by atoms with Crippen LogP contribution in [-0.4, -0.2) is 28.9 Å². The van der Waals surface area contributed by atoms with E-state index in [1.807, 2.05) is 6.07 Å². The lowest BCUT2D eigenvalue weighted by atomic mass is 10.0. The number of hydrogen-bond donors (Lipinski definition) is 3. The summed E-state index contributed by atoms with van der Waals surface area (Å²) in [4.78, 5) is 34.0. The van der Waals surface area contributed by atoms with Crippen LogP contribution in [0, 0.1) is 17.2 Å². The molecular formula is C15H17N3O4. The van der Waals surface area contributed by atoms with Crippen molar-refractivity contribution in [1.82, 2.24) is 5.32 Å². The number of carbonyl (C=O) groups excluding carboxylic acids is 2. The van der Waals surface area contributed by atoms with Gasteiger partial charge in [0.2, 0.25) is 5.91 Å². The molecule has 0 heterocycles. The molecule has 2 atom stereocenters. The monoisotopic (exact) mass is 303 g/mol. The minimum absolute atomic E-state index is 0.0293. The maximum absolute atomic E-state index is 12.0. The lowest BCUT2D eigenvalue weighted by Gasteiger charge is -2.15. The molecule has 1 aromatic rings. The third-order valence-electron chi connectivity index (χ3n) is 2.88. The first-order valence-corrected chi connectivity index (χ1v) is 6.64. The Labute approximate surface area is 127 Å². The zero-order valence-electron chi connectivity index (χ0n) is 12.3. The van der Waals surface area contributed by atoms with Gasteiger partial charge in [0.15, 0.2) is 0 Å². The van der Waals surface area contributed by atoms with E-state index in [-0.39, 0.29) is 17.9 Å². The normalized spacial score (nSPS) is 12.6. The molecule has 0 aliphatic heterocycles. The number of aliphatic carboxylic acids is 1. The van der Waals surface area contributed by atoms with Gasteiger partial charge in [-0.05, 0) is 37.6 Å². The summed E-state index contributed by atoms with van der Waals surface area (Å²) in [5.74, 6) is -2.45. The van der Waals surface area contributed by atoms with Gasteiger partial charge in [-0.2, -0.15) is 5.26 Å². The molecule has 7 heteroatoms. The van der Waals surface area contributed by atoms with Crippen molar-refractivity contribution in [3.8, 4) is 6.07 Å². The van der Waals surface area contributed by atoms with Crippen molar-refractivity contribution < 1.29 is 19.5 Å². The van der Waals surface area contributed by atoms with Gasteiger partial charge in [-0.3, -0.25) is 9.59 Å². The van der Waals surface area contributed by atoms with Crippen LogP contribution in [-0.2, 0) is 9.59 Å². The van der Waals surface area contributed by atoms with E-state index in [2.05, 4.69) is 10.6 Å². The highest BCUT2D eigenvalue weighted by Crippen LogP contribution is 2.11. The molecule has 0 radical (unpaired) electrons. The summed E-state index contributed by atoms with van der Waals surface area (Å²) in [6, 6.07) is 6.86. The van der Waals surface area contributed by atoms with Crippen molar-refractivity contribution in [2.24, 2.45) is 5.92 Å². The molecule has 2 amide bonds. The van der Waals surface area contributed by atoms with Crippen LogP contribution in [0.2, 0.25) is 0 Å². The van der Waals surface area contributed by atoms with Crippen LogP contribution in [0.4, 0.5) is 5.69 Å². The second kappa shape index (κ2) is 7.78. The Morgan fingerprint density at radius 2 is 1.86 bits per heavy atom. The molecule has 1 aromatic carbocycles. The van der Waals surface area contributed by atoms with Gasteiger partial charge in [-0.1, -0.05) is 0 Å². The Kier molecular flexibility index (Phi) is 6.08. The maximum Gasteiger partial charge on any atom is 0.326 e. The number of carboxylic acids is 1. The van der Waals surface area contributed by atoms with Crippen molar-refractivity contribution in [1.29, 1.82) is 5.26 Å². The SMILES string of the molecule is CC(=O)Nc1ccc(C(=O)N[C@@H](C[C@H](C)C#N)C(=O)O)cc1. The number of hydrogen-bond acceptors (Lipinski definition) is 4. The number of nitrogens with one attached hydrogen (secondary N) is 2. The number of carbonyl (C=O) groups is 3. The van der Waals surface area contributed by atoms with Gasteiger partial charge in [-0.25, -0.2) is 4.79 Å². The zero-order valence-corrected chi connectivity index (χ0v) is 12.3. The minimum atomic E-state index is -1.19. The van der Waals surface area contributed by atoms with Crippen molar-refractivity contribution in [2.75, 3.05) is 5.32 Å². The quantitative estimate of drug-likeness (QED) is 0.733. The first-order valence-electron chi connectivity index (χ1n) is 6.64. The van der Waals surface area contributed by atoms with Crippen LogP contribution in [0.1, 0.15) is 30.6 Å². The average Bonchev–Trinajstić information content (AvgIpc) is 2.46. The number of amides is 2. The van der Waals surface area contributed by atoms with E-state index in [0.29, 0.717) is 5.69 Å². The summed E-state index contributed by atoms with van der Waals surface area (Å²) in [5, 5.41) is 22.8. The molecular weight excluding hydrogens is 286 g/mol. The largest absolute Gasteiger partial charge is 0.480 e. The van der Waals surface area contributed by atoms with Gasteiger partial charge in [0.05, 0.1) is 6.07 Å². The standard InChI is InChI=1S/C15H17N3O4/c1-9(8-16)7-13(15(21)22)18-14(20)11-3-5-12(6-4-11)17-10(2)19/h3-6,9,13H,7H2,1-2H3,(H,17,19)(H,18,20)(H,21,22)/t9-,13-/m0/s1. The molecule has 0 bridgehead atoms. The lowest BCUT2D eigenvalue weighted by molar-refractivity contribution is -0.139. The molecule has 0 spiro atoms. The lowest BCUT2D eigenvalue weighted by Crippen LogP contribution is -2.41. The third-order valence-corrected chi connectivity index (χ3v) is 2.88. The Balaban J connectivity index is 2.75. The predicted octanol–water partition coefficient (Wildman–Crippen LogP) is 1.38. The highest BCUT2D eigenvalue weighted by molar-refractivity contribution is 5.97. The maximum atomic E-state index is 12.0. The van der Waals surface area contributed by atoms with E-state index in [1.54, 1.807) is 19.1 Å². The Morgan fingerprint density at radius 1 is 1.27 bits per heavy atom. The Bertz CT molecular complexity index is 604. The van der Waals surface area contributed by atoms with Crippen LogP contribution < -0.4 is 10.6 Å². The van der Waals surface area contributed by atoms with Gasteiger partial charge in [0.25, 0.3) is 5.91 Å². The third kappa shape index (κ3) is 5.25. The van der Waals surface area contributed by atoms with Gasteiger partial charge in [0, 0.05) is 24.1 Å². The van der Waals surface area contributed by atoms with E-state index >= 15 is 0 Å². The van der Waals surface area contributed by atoms with Crippen LogP contribution in [0.25, 0.3) is 0 Å². The van der Waals surface area contributed by atoms with E-state index < -0.39 is 23.8 Å². The highest BCUT2D eigenvalue weighted by atomic mass is 16.4. The first-order chi connectivity index (χ1) is 10.3. The average molecular weight is 303 g/mol. The van der Waals surface area contributed by atoms with Crippen LogP contribution in [0.15, 0.2) is 24.3 Å². The topological polar surface area (TPSA) is 119 Å². The molecule has 0 aliphatic carbocycles. The van der Waals surface area contributed by atoms with E-state index in [4.69, 9.17) is 10.4 Å². The van der Waals surface area contributed by atoms with E-state index in [1.165, 1.54) is 19.1 Å². The summed E-state index contributed by atoms with van der Waals surface area (Å²) < 4.78 is 0. The zero-order chi connectivity index (χ0) is 16.7. The molecule has 0 aromatic heterocycles. The fraction of sp³-hybridized carbons (Fsp3) is 0.333. The van der Waals surface area contributed by atoms with Gasteiger partial charge in [-0.15, -0.1) is 0 Å². The van der Waals surface area contributed by atoms with Crippen molar-refractivity contribution in [2.45, 2.75) is 26.3 Å². The highest BCUT2D eigenvalue weighted by Gasteiger charge is 2.23. The summed E-state index contributed by atoms with van der Waals surface area (Å²) in [5.41, 5.74) is 0.807. The van der Waals surface area contributed by atoms with Crippen LogP contribution in [0.3, 0.4) is 0 Å². The molecule has 22 heavy (non-hydrogen) atoms. The molecule has 0 aliphatic rings. The van der Waals surface area contributed by atoms with Gasteiger partial charge >= 0.3 is 5.97 Å². The first kappa shape index (κ1) is 17.2. The number of anilines is 1. The Morgan fingerprint density at radius 3 is 2.32 bits per heavy atom. The second-order valence-electron chi connectivity index (χ2n) is 4.89. The molecule has 7 nitrogen and oxygen atoms in total. The molecule has 0 fully saturated rings. The second-order valence-corrected chi connectivity index (χ2v) is 4.89. The summed E-state index contributed by atoms with van der Waals surface area (Å²) >= 11 is 0. The van der Waals surface area contributed by atoms with Crippen molar-refractivity contribution in [3.63, 3.8) is 0 Å². The van der Waals surface area contributed by atoms with Gasteiger partial charge < -0.3 is 15.7 Å². The number of nitrogens with zero attached hydrogens (tertiary/aromatic N) is 1. The predicted molar refractivity (Wildman–Crippen MR) is 79.0 cm³/mol. The number of carboxylic acid groups (broad SMARTS) is 1. The molecule has 116 valence electrons. The number of benzene rings is 1. The molecule has 0 saturated heterocycles. The van der Waals surface area contributed by atoms with Gasteiger partial charge in [0.1, 0.15) is 6.04 Å². The number of rotatable bonds is 6. The van der Waals surface area contributed by atoms with Crippen molar-refractivity contribution in [3.05, 3.63) is 29.8 Å². The fourth-order valence-electron chi connectivity index (χ4n) is 1.78. The minimum Gasteiger partial charge on any atom is -0.480 e. The fourth-order valence-corrected chi connectivity index (χ4v) is 1.78. The molecule has 3 N–H and O–H groups in total. The smallest absolute Gasteiger partial charge is 0.326 e. The van der Waals surface area contributed by atoms with Crippen molar-refractivity contribution >= 4 is 23.5 Å². The molecule has 0 unspecified atom stereocenters. The number of nitriles is 1. The summed E-state index contributed by atoms with van der Waals surface area (Å²) in [7, 11) is 0. The summed E-state index contributed by atoms with van der Waals surface area (Å²) in [6.07, 6.45) is 0.0293. The van der Waals surface area contributed by atoms with E-state index in [0.717, 1.165) is 0 Å². The Hall–Kier alpha value is -2.88. The van der Waals surface area contributed by atoms with Crippen LogP contribution in [0.5, 0.6) is 0 Å². The summed E-state index contributed by atoms with van der Waals surface area (Å²) in [6.45, 7) is 2.96. The molecule has 1 rings (SSSR count). The van der Waals surface area contributed by atoms with Crippen LogP contribution >= 0.6 is 0 Å². The van der Waals surface area contributed by atoms with E-state index in [9.17, 15) is 14.4 Å². The molecule has 0 saturated carbocycles.